The number of rotatable bonds is 5. The van der Waals surface area contributed by atoms with E-state index in [0.717, 1.165) is 28.3 Å². The van der Waals surface area contributed by atoms with E-state index in [1.165, 1.54) is 22.2 Å². The predicted molar refractivity (Wildman–Crippen MR) is 118 cm³/mol. The number of fused-ring (bicyclic) bond motifs is 1. The van der Waals surface area contributed by atoms with Gasteiger partial charge in [-0.1, -0.05) is 11.8 Å². The molecular weight excluding hydrogens is 422 g/mol. The normalized spacial score (nSPS) is 18.2. The first kappa shape index (κ1) is 21.5. The van der Waals surface area contributed by atoms with Crippen molar-refractivity contribution in [1.82, 2.24) is 24.7 Å². The molecule has 0 unspecified atom stereocenters. The molecule has 0 radical (unpaired) electrons. The Bertz CT molecular complexity index is 921. The van der Waals surface area contributed by atoms with E-state index in [0.29, 0.717) is 51.7 Å². The van der Waals surface area contributed by atoms with Gasteiger partial charge in [-0.25, -0.2) is 9.97 Å². The molecular formula is C20H27N5O3S2. The second-order valence-corrected chi connectivity index (χ2v) is 9.75. The van der Waals surface area contributed by atoms with E-state index in [-0.39, 0.29) is 11.8 Å². The van der Waals surface area contributed by atoms with Crippen LogP contribution in [0.25, 0.3) is 10.2 Å². The van der Waals surface area contributed by atoms with Crippen LogP contribution in [-0.4, -0.2) is 101 Å². The molecule has 2 aromatic rings. The van der Waals surface area contributed by atoms with Crippen LogP contribution in [0.5, 0.6) is 0 Å². The van der Waals surface area contributed by atoms with Crippen LogP contribution >= 0.6 is 23.1 Å². The Balaban J connectivity index is 1.26. The molecule has 0 spiro atoms. The van der Waals surface area contributed by atoms with E-state index in [2.05, 4.69) is 28.7 Å². The number of hydrogen-bond donors (Lipinski definition) is 0. The zero-order valence-electron chi connectivity index (χ0n) is 17.4. The SMILES string of the molecule is Cc1sc2ncnc(SCC(=O)N3CCN(CC(=O)N4CCOCC4)CC3)c2c1C. The van der Waals surface area contributed by atoms with Crippen molar-refractivity contribution in [2.75, 3.05) is 64.8 Å². The number of piperazine rings is 1. The monoisotopic (exact) mass is 449 g/mol. The van der Waals surface area contributed by atoms with Gasteiger partial charge in [0.2, 0.25) is 11.8 Å². The molecule has 162 valence electrons. The minimum atomic E-state index is 0.121. The quantitative estimate of drug-likeness (QED) is 0.504. The van der Waals surface area contributed by atoms with Crippen molar-refractivity contribution in [3.05, 3.63) is 16.8 Å². The molecule has 2 saturated heterocycles. The molecule has 2 aliphatic heterocycles. The third-order valence-electron chi connectivity index (χ3n) is 5.71. The highest BCUT2D eigenvalue weighted by atomic mass is 32.2. The van der Waals surface area contributed by atoms with Crippen LogP contribution in [0, 0.1) is 13.8 Å². The third-order valence-corrected chi connectivity index (χ3v) is 7.80. The Morgan fingerprint density at radius 3 is 2.47 bits per heavy atom. The lowest BCUT2D eigenvalue weighted by molar-refractivity contribution is -0.137. The van der Waals surface area contributed by atoms with Crippen molar-refractivity contribution in [2.45, 2.75) is 18.9 Å². The average molecular weight is 450 g/mol. The fraction of sp³-hybridized carbons (Fsp3) is 0.600. The second kappa shape index (κ2) is 9.59. The van der Waals surface area contributed by atoms with Gasteiger partial charge in [0, 0.05) is 49.5 Å². The van der Waals surface area contributed by atoms with E-state index in [9.17, 15) is 9.59 Å². The number of hydrogen-bond acceptors (Lipinski definition) is 8. The topological polar surface area (TPSA) is 78.9 Å². The van der Waals surface area contributed by atoms with E-state index in [4.69, 9.17) is 4.74 Å². The highest BCUT2D eigenvalue weighted by molar-refractivity contribution is 8.00. The molecule has 0 N–H and O–H groups in total. The van der Waals surface area contributed by atoms with Crippen LogP contribution in [-0.2, 0) is 14.3 Å². The minimum Gasteiger partial charge on any atom is -0.378 e. The molecule has 0 atom stereocenters. The van der Waals surface area contributed by atoms with Crippen LogP contribution in [0.2, 0.25) is 0 Å². The Morgan fingerprint density at radius 2 is 1.73 bits per heavy atom. The van der Waals surface area contributed by atoms with Crippen LogP contribution < -0.4 is 0 Å². The molecule has 0 aliphatic carbocycles. The van der Waals surface area contributed by atoms with Gasteiger partial charge in [-0.2, -0.15) is 0 Å². The number of ether oxygens (including phenoxy) is 1. The minimum absolute atomic E-state index is 0.121. The first-order chi connectivity index (χ1) is 14.5. The van der Waals surface area contributed by atoms with Gasteiger partial charge in [-0.05, 0) is 19.4 Å². The van der Waals surface area contributed by atoms with E-state index >= 15 is 0 Å². The Kier molecular flexibility index (Phi) is 6.87. The van der Waals surface area contributed by atoms with Crippen molar-refractivity contribution in [3.8, 4) is 0 Å². The lowest BCUT2D eigenvalue weighted by atomic mass is 10.2. The van der Waals surface area contributed by atoms with Crippen molar-refractivity contribution < 1.29 is 14.3 Å². The first-order valence-corrected chi connectivity index (χ1v) is 12.0. The Labute approximate surface area is 184 Å². The molecule has 30 heavy (non-hydrogen) atoms. The fourth-order valence-corrected chi connectivity index (χ4v) is 5.76. The number of carbonyl (C=O) groups excluding carboxylic acids is 2. The summed E-state index contributed by atoms with van der Waals surface area (Å²) in [5.41, 5.74) is 1.20. The lowest BCUT2D eigenvalue weighted by Crippen LogP contribution is -2.53. The number of nitrogens with zero attached hydrogens (tertiary/aromatic N) is 5. The van der Waals surface area contributed by atoms with Crippen LogP contribution in [0.15, 0.2) is 11.4 Å². The van der Waals surface area contributed by atoms with Gasteiger partial charge in [0.05, 0.1) is 25.5 Å². The molecule has 4 rings (SSSR count). The van der Waals surface area contributed by atoms with Gasteiger partial charge in [-0.3, -0.25) is 14.5 Å². The molecule has 0 bridgehead atoms. The molecule has 2 fully saturated rings. The molecule has 2 aromatic heterocycles. The van der Waals surface area contributed by atoms with Crippen molar-refractivity contribution >= 4 is 45.1 Å². The van der Waals surface area contributed by atoms with Gasteiger partial charge in [0.25, 0.3) is 0 Å². The number of aryl methyl sites for hydroxylation is 2. The maximum absolute atomic E-state index is 12.7. The van der Waals surface area contributed by atoms with Crippen LogP contribution in [0.1, 0.15) is 10.4 Å². The highest BCUT2D eigenvalue weighted by Crippen LogP contribution is 2.34. The van der Waals surface area contributed by atoms with Crippen molar-refractivity contribution in [1.29, 1.82) is 0 Å². The molecule has 4 heterocycles. The molecule has 2 amide bonds. The summed E-state index contributed by atoms with van der Waals surface area (Å²) in [6, 6.07) is 0. The maximum atomic E-state index is 12.7. The summed E-state index contributed by atoms with van der Waals surface area (Å²) in [7, 11) is 0. The van der Waals surface area contributed by atoms with E-state index < -0.39 is 0 Å². The zero-order chi connectivity index (χ0) is 21.1. The van der Waals surface area contributed by atoms with E-state index in [1.807, 2.05) is 9.80 Å². The third kappa shape index (κ3) is 4.77. The molecule has 10 heteroatoms. The lowest BCUT2D eigenvalue weighted by Gasteiger charge is -2.36. The summed E-state index contributed by atoms with van der Waals surface area (Å²) < 4.78 is 5.31. The van der Waals surface area contributed by atoms with Gasteiger partial charge in [0.1, 0.15) is 16.2 Å². The summed E-state index contributed by atoms with van der Waals surface area (Å²) in [6.07, 6.45) is 1.58. The predicted octanol–water partition coefficient (Wildman–Crippen LogP) is 1.40. The summed E-state index contributed by atoms with van der Waals surface area (Å²) in [4.78, 5) is 42.0. The standard InChI is InChI=1S/C20H27N5O3S2/c1-14-15(2)30-20-18(14)19(21-13-22-20)29-12-17(27)24-5-3-23(4-6-24)11-16(26)25-7-9-28-10-8-25/h13H,3-12H2,1-2H3. The molecule has 0 saturated carbocycles. The summed E-state index contributed by atoms with van der Waals surface area (Å²) >= 11 is 3.15. The molecule has 8 nitrogen and oxygen atoms in total. The first-order valence-electron chi connectivity index (χ1n) is 10.2. The van der Waals surface area contributed by atoms with Crippen LogP contribution in [0.3, 0.4) is 0 Å². The highest BCUT2D eigenvalue weighted by Gasteiger charge is 2.25. The number of thioether (sulfide) groups is 1. The number of thiophene rings is 1. The number of carbonyl (C=O) groups is 2. The Hall–Kier alpha value is -1.75. The van der Waals surface area contributed by atoms with Gasteiger partial charge in [-0.15, -0.1) is 11.3 Å². The van der Waals surface area contributed by atoms with Gasteiger partial charge >= 0.3 is 0 Å². The number of amides is 2. The Morgan fingerprint density at radius 1 is 1.03 bits per heavy atom. The van der Waals surface area contributed by atoms with Crippen molar-refractivity contribution in [2.24, 2.45) is 0 Å². The molecule has 0 aromatic carbocycles. The average Bonchev–Trinajstić information content (AvgIpc) is 3.07. The zero-order valence-corrected chi connectivity index (χ0v) is 19.1. The van der Waals surface area contributed by atoms with Crippen LogP contribution in [0.4, 0.5) is 0 Å². The summed E-state index contributed by atoms with van der Waals surface area (Å²) in [5.74, 6) is 0.644. The number of morpholine rings is 1. The summed E-state index contributed by atoms with van der Waals surface area (Å²) in [5, 5.41) is 1.95. The smallest absolute Gasteiger partial charge is 0.236 e. The second-order valence-electron chi connectivity index (χ2n) is 7.58. The molecule has 2 aliphatic rings. The maximum Gasteiger partial charge on any atom is 0.236 e. The number of aromatic nitrogens is 2. The largest absolute Gasteiger partial charge is 0.378 e. The fourth-order valence-electron chi connectivity index (χ4n) is 3.74. The summed E-state index contributed by atoms with van der Waals surface area (Å²) in [6.45, 7) is 9.96. The van der Waals surface area contributed by atoms with Gasteiger partial charge < -0.3 is 14.5 Å². The van der Waals surface area contributed by atoms with E-state index in [1.54, 1.807) is 17.7 Å². The van der Waals surface area contributed by atoms with Gasteiger partial charge in [0.15, 0.2) is 0 Å². The van der Waals surface area contributed by atoms with Crippen molar-refractivity contribution in [3.63, 3.8) is 0 Å².